The first-order valence-corrected chi connectivity index (χ1v) is 14.9. The third kappa shape index (κ3) is 6.57. The molecule has 0 spiro atoms. The maximum absolute atomic E-state index is 13.6. The van der Waals surface area contributed by atoms with Crippen LogP contribution in [-0.4, -0.2) is 34.0 Å². The van der Waals surface area contributed by atoms with Crippen LogP contribution in [0, 0.1) is 5.92 Å². The highest BCUT2D eigenvalue weighted by Gasteiger charge is 2.28. The Labute approximate surface area is 227 Å². The summed E-state index contributed by atoms with van der Waals surface area (Å²) in [4.78, 5) is 15.8. The smallest absolute Gasteiger partial charge is 0.264 e. The van der Waals surface area contributed by atoms with E-state index in [9.17, 15) is 13.2 Å². The summed E-state index contributed by atoms with van der Waals surface area (Å²) in [6, 6.07) is 23.7. The van der Waals surface area contributed by atoms with E-state index in [4.69, 9.17) is 0 Å². The molecule has 0 radical (unpaired) electrons. The molecule has 0 aromatic heterocycles. The number of piperidine rings is 1. The van der Waals surface area contributed by atoms with E-state index < -0.39 is 10.0 Å². The van der Waals surface area contributed by atoms with Gasteiger partial charge in [0.2, 0.25) is 5.91 Å². The molecular weight excluding hydrogens is 494 g/mol. The fourth-order valence-electron chi connectivity index (χ4n) is 4.96. The standard InChI is InChI=1S/C31H39N3O3S/c1-23(2)26-12-18-29(19-13-26)34(38(36,37)30-10-6-5-7-11-30)22-31(35)32-25(4)27-14-16-28(17-15-27)33-20-8-9-24(3)21-33/h5-7,10-19,23-25H,8-9,20-22H2,1-4H3,(H,32,35). The molecule has 1 heterocycles. The lowest BCUT2D eigenvalue weighted by Gasteiger charge is -2.33. The van der Waals surface area contributed by atoms with Gasteiger partial charge in [0, 0.05) is 18.8 Å². The van der Waals surface area contributed by atoms with Crippen LogP contribution in [0.1, 0.15) is 63.6 Å². The van der Waals surface area contributed by atoms with Crippen molar-refractivity contribution in [2.75, 3.05) is 28.8 Å². The fourth-order valence-corrected chi connectivity index (χ4v) is 6.40. The van der Waals surface area contributed by atoms with Gasteiger partial charge in [0.15, 0.2) is 0 Å². The number of amides is 1. The first kappa shape index (κ1) is 27.7. The van der Waals surface area contributed by atoms with E-state index in [0.717, 1.165) is 24.2 Å². The highest BCUT2D eigenvalue weighted by atomic mass is 32.2. The van der Waals surface area contributed by atoms with Crippen molar-refractivity contribution in [2.24, 2.45) is 5.92 Å². The van der Waals surface area contributed by atoms with E-state index in [1.165, 1.54) is 22.8 Å². The van der Waals surface area contributed by atoms with E-state index in [1.807, 2.05) is 31.2 Å². The van der Waals surface area contributed by atoms with E-state index in [1.54, 1.807) is 42.5 Å². The molecule has 1 amide bonds. The van der Waals surface area contributed by atoms with Crippen LogP contribution in [0.4, 0.5) is 11.4 Å². The van der Waals surface area contributed by atoms with Gasteiger partial charge in [-0.1, -0.05) is 63.2 Å². The second-order valence-corrected chi connectivity index (χ2v) is 12.5. The molecule has 6 nitrogen and oxygen atoms in total. The van der Waals surface area contributed by atoms with Gasteiger partial charge < -0.3 is 10.2 Å². The number of anilines is 2. The molecule has 38 heavy (non-hydrogen) atoms. The Hall–Kier alpha value is -3.32. The van der Waals surface area contributed by atoms with Crippen molar-refractivity contribution in [1.29, 1.82) is 0 Å². The van der Waals surface area contributed by atoms with Crippen LogP contribution in [0.5, 0.6) is 0 Å². The molecule has 1 aliphatic heterocycles. The summed E-state index contributed by atoms with van der Waals surface area (Å²) in [5.74, 6) is 0.647. The average Bonchev–Trinajstić information content (AvgIpc) is 2.92. The van der Waals surface area contributed by atoms with Crippen molar-refractivity contribution in [2.45, 2.75) is 57.4 Å². The maximum Gasteiger partial charge on any atom is 0.264 e. The van der Waals surface area contributed by atoms with Crippen LogP contribution in [-0.2, 0) is 14.8 Å². The van der Waals surface area contributed by atoms with Gasteiger partial charge in [-0.15, -0.1) is 0 Å². The summed E-state index contributed by atoms with van der Waals surface area (Å²) in [5, 5.41) is 3.00. The summed E-state index contributed by atoms with van der Waals surface area (Å²) in [6.07, 6.45) is 2.48. The minimum Gasteiger partial charge on any atom is -0.371 e. The molecule has 0 aliphatic carbocycles. The molecule has 2 atom stereocenters. The summed E-state index contributed by atoms with van der Waals surface area (Å²) >= 11 is 0. The molecule has 2 unspecified atom stereocenters. The van der Waals surface area contributed by atoms with E-state index in [0.29, 0.717) is 17.5 Å². The molecule has 1 N–H and O–H groups in total. The molecule has 3 aromatic carbocycles. The number of nitrogens with zero attached hydrogens (tertiary/aromatic N) is 2. The highest BCUT2D eigenvalue weighted by molar-refractivity contribution is 7.92. The first-order chi connectivity index (χ1) is 18.1. The Morgan fingerprint density at radius 3 is 2.18 bits per heavy atom. The van der Waals surface area contributed by atoms with E-state index >= 15 is 0 Å². The van der Waals surface area contributed by atoms with Crippen molar-refractivity contribution < 1.29 is 13.2 Å². The quantitative estimate of drug-likeness (QED) is 0.360. The number of hydrogen-bond donors (Lipinski definition) is 1. The predicted molar refractivity (Wildman–Crippen MR) is 155 cm³/mol. The average molecular weight is 534 g/mol. The Balaban J connectivity index is 1.50. The SMILES string of the molecule is CC1CCCN(c2ccc(C(C)NC(=O)CN(c3ccc(C(C)C)cc3)S(=O)(=O)c3ccccc3)cc2)C1. The van der Waals surface area contributed by atoms with Crippen LogP contribution < -0.4 is 14.5 Å². The van der Waals surface area contributed by atoms with Gasteiger partial charge in [-0.25, -0.2) is 8.42 Å². The summed E-state index contributed by atoms with van der Waals surface area (Å²) in [6.45, 7) is 10.2. The van der Waals surface area contributed by atoms with E-state index in [-0.39, 0.29) is 23.4 Å². The number of sulfonamides is 1. The van der Waals surface area contributed by atoms with Gasteiger partial charge in [0.25, 0.3) is 10.0 Å². The van der Waals surface area contributed by atoms with Crippen LogP contribution in [0.15, 0.2) is 83.8 Å². The van der Waals surface area contributed by atoms with Gasteiger partial charge >= 0.3 is 0 Å². The third-order valence-corrected chi connectivity index (χ3v) is 9.05. The van der Waals surface area contributed by atoms with Gasteiger partial charge in [0.05, 0.1) is 16.6 Å². The molecule has 1 aliphatic rings. The largest absolute Gasteiger partial charge is 0.371 e. The van der Waals surface area contributed by atoms with Crippen LogP contribution >= 0.6 is 0 Å². The Morgan fingerprint density at radius 2 is 1.58 bits per heavy atom. The first-order valence-electron chi connectivity index (χ1n) is 13.5. The normalized spacial score (nSPS) is 16.8. The molecule has 4 rings (SSSR count). The van der Waals surface area contributed by atoms with Crippen LogP contribution in [0.3, 0.4) is 0 Å². The molecule has 1 saturated heterocycles. The molecule has 0 saturated carbocycles. The number of carbonyl (C=O) groups excluding carboxylic acids is 1. The van der Waals surface area contributed by atoms with Gasteiger partial charge in [-0.3, -0.25) is 9.10 Å². The lowest BCUT2D eigenvalue weighted by Crippen LogP contribution is -2.41. The van der Waals surface area contributed by atoms with Crippen LogP contribution in [0.2, 0.25) is 0 Å². The zero-order valence-corrected chi connectivity index (χ0v) is 23.6. The lowest BCUT2D eigenvalue weighted by molar-refractivity contribution is -0.120. The van der Waals surface area contributed by atoms with Crippen molar-refractivity contribution >= 4 is 27.3 Å². The molecule has 202 valence electrons. The Kier molecular flexibility index (Phi) is 8.77. The molecule has 0 bridgehead atoms. The minimum atomic E-state index is -3.94. The van der Waals surface area contributed by atoms with Crippen molar-refractivity contribution in [1.82, 2.24) is 5.32 Å². The monoisotopic (exact) mass is 533 g/mol. The topological polar surface area (TPSA) is 69.7 Å². The van der Waals surface area contributed by atoms with Gasteiger partial charge in [-0.2, -0.15) is 0 Å². The fraction of sp³-hybridized carbons (Fsp3) is 0.387. The third-order valence-electron chi connectivity index (χ3n) is 7.26. The maximum atomic E-state index is 13.6. The summed E-state index contributed by atoms with van der Waals surface area (Å²) in [7, 11) is -3.94. The highest BCUT2D eigenvalue weighted by Crippen LogP contribution is 2.27. The van der Waals surface area contributed by atoms with Crippen molar-refractivity contribution in [3.8, 4) is 0 Å². The molecule has 7 heteroatoms. The van der Waals surface area contributed by atoms with Gasteiger partial charge in [0.1, 0.15) is 6.54 Å². The number of carbonyl (C=O) groups is 1. The van der Waals surface area contributed by atoms with E-state index in [2.05, 4.69) is 43.1 Å². The summed E-state index contributed by atoms with van der Waals surface area (Å²) < 4.78 is 28.4. The predicted octanol–water partition coefficient (Wildman–Crippen LogP) is 6.12. The number of benzene rings is 3. The number of rotatable bonds is 9. The van der Waals surface area contributed by atoms with Gasteiger partial charge in [-0.05, 0) is 79.1 Å². The Bertz CT molecular complexity index is 1310. The van der Waals surface area contributed by atoms with Crippen LogP contribution in [0.25, 0.3) is 0 Å². The van der Waals surface area contributed by atoms with Crippen molar-refractivity contribution in [3.05, 3.63) is 90.0 Å². The molecular formula is C31H39N3O3S. The number of nitrogens with one attached hydrogen (secondary N) is 1. The summed E-state index contributed by atoms with van der Waals surface area (Å²) in [5.41, 5.74) is 3.74. The zero-order chi connectivity index (χ0) is 27.3. The van der Waals surface area contributed by atoms with Crippen molar-refractivity contribution in [3.63, 3.8) is 0 Å². The second kappa shape index (κ2) is 12.0. The Morgan fingerprint density at radius 1 is 0.947 bits per heavy atom. The zero-order valence-electron chi connectivity index (χ0n) is 22.8. The lowest BCUT2D eigenvalue weighted by atomic mass is 9.99. The minimum absolute atomic E-state index is 0.149. The second-order valence-electron chi connectivity index (χ2n) is 10.6. The molecule has 1 fully saturated rings. The number of hydrogen-bond acceptors (Lipinski definition) is 4. The molecule has 3 aromatic rings.